The molecule has 0 bridgehead atoms. The van der Waals surface area contributed by atoms with Crippen molar-refractivity contribution in [1.82, 2.24) is 0 Å². The highest BCUT2D eigenvalue weighted by atomic mass is 16.6. The Bertz CT molecular complexity index is 1290. The minimum Gasteiger partial charge on any atom is -0.462 e. The van der Waals surface area contributed by atoms with Gasteiger partial charge in [0, 0.05) is 19.3 Å². The molecule has 0 aromatic heterocycles. The molecular weight excluding hydrogens is 757 g/mol. The highest BCUT2D eigenvalue weighted by Crippen LogP contribution is 2.12. The number of carbonyl (C=O) groups excluding carboxylic acids is 3. The van der Waals surface area contributed by atoms with Gasteiger partial charge < -0.3 is 14.2 Å². The maximum absolute atomic E-state index is 12.7. The van der Waals surface area contributed by atoms with Crippen LogP contribution in [0.1, 0.15) is 201 Å². The first-order valence-electron chi connectivity index (χ1n) is 24.5. The van der Waals surface area contributed by atoms with E-state index in [1.54, 1.807) is 0 Å². The normalized spacial score (nSPS) is 13.0. The number of carbonyl (C=O) groups is 3. The van der Waals surface area contributed by atoms with Gasteiger partial charge in [0.1, 0.15) is 13.2 Å². The van der Waals surface area contributed by atoms with Crippen LogP contribution in [0.25, 0.3) is 0 Å². The maximum atomic E-state index is 12.7. The SMILES string of the molecule is CC\C=C/C=C\C=C/C=C\C=C\C=C/C=C\CCCCCC(=O)OCC(COC(=O)CCCCCCC/C=C\CCCC)OC(=O)CCCCC/C=C\CCCCCCCC. The summed E-state index contributed by atoms with van der Waals surface area (Å²) in [6.45, 7) is 6.36. The Morgan fingerprint density at radius 3 is 1.11 bits per heavy atom. The molecule has 6 heteroatoms. The van der Waals surface area contributed by atoms with Crippen LogP contribution in [0.4, 0.5) is 0 Å². The largest absolute Gasteiger partial charge is 0.462 e. The van der Waals surface area contributed by atoms with Gasteiger partial charge in [0.2, 0.25) is 0 Å². The maximum Gasteiger partial charge on any atom is 0.306 e. The Labute approximate surface area is 374 Å². The fraction of sp³-hybridized carbons (Fsp3) is 0.618. The van der Waals surface area contributed by atoms with Crippen molar-refractivity contribution in [2.24, 2.45) is 0 Å². The fourth-order valence-corrected chi connectivity index (χ4v) is 6.22. The van der Waals surface area contributed by atoms with E-state index in [9.17, 15) is 14.4 Å². The molecule has 0 saturated carbocycles. The third-order valence-electron chi connectivity index (χ3n) is 9.93. The van der Waals surface area contributed by atoms with Crippen LogP contribution in [0.3, 0.4) is 0 Å². The molecule has 0 aromatic rings. The zero-order chi connectivity index (χ0) is 44.4. The van der Waals surface area contributed by atoms with Gasteiger partial charge in [0.15, 0.2) is 6.10 Å². The second kappa shape index (κ2) is 48.7. The lowest BCUT2D eigenvalue weighted by Gasteiger charge is -2.18. The molecular formula is C55H88O6. The Kier molecular flexibility index (Phi) is 45.6. The summed E-state index contributed by atoms with van der Waals surface area (Å²) in [5.41, 5.74) is 0. The molecule has 0 rings (SSSR count). The monoisotopic (exact) mass is 845 g/mol. The third kappa shape index (κ3) is 47.0. The van der Waals surface area contributed by atoms with Crippen LogP contribution >= 0.6 is 0 Å². The van der Waals surface area contributed by atoms with E-state index in [1.165, 1.54) is 64.2 Å². The number of rotatable bonds is 42. The van der Waals surface area contributed by atoms with Crippen LogP contribution in [0.2, 0.25) is 0 Å². The smallest absolute Gasteiger partial charge is 0.306 e. The number of allylic oxidation sites excluding steroid dienone is 18. The van der Waals surface area contributed by atoms with Crippen LogP contribution < -0.4 is 0 Å². The first-order valence-corrected chi connectivity index (χ1v) is 24.5. The van der Waals surface area contributed by atoms with E-state index in [4.69, 9.17) is 14.2 Å². The van der Waals surface area contributed by atoms with E-state index < -0.39 is 6.10 Å². The predicted octanol–water partition coefficient (Wildman–Crippen LogP) is 16.0. The molecule has 0 amide bonds. The molecule has 0 saturated heterocycles. The summed E-state index contributed by atoms with van der Waals surface area (Å²) < 4.78 is 16.7. The number of ether oxygens (including phenoxy) is 3. The molecule has 0 aliphatic rings. The fourth-order valence-electron chi connectivity index (χ4n) is 6.22. The van der Waals surface area contributed by atoms with Crippen molar-refractivity contribution in [3.63, 3.8) is 0 Å². The zero-order valence-electron chi connectivity index (χ0n) is 39.1. The number of hydrogen-bond acceptors (Lipinski definition) is 6. The van der Waals surface area contributed by atoms with Crippen LogP contribution in [-0.2, 0) is 28.6 Å². The van der Waals surface area contributed by atoms with Gasteiger partial charge in [-0.05, 0) is 83.5 Å². The van der Waals surface area contributed by atoms with E-state index in [2.05, 4.69) is 57.2 Å². The lowest BCUT2D eigenvalue weighted by atomic mass is 10.1. The van der Waals surface area contributed by atoms with Gasteiger partial charge >= 0.3 is 17.9 Å². The standard InChI is InChI=1S/C55H88O6/c1-4-7-10-13-16-19-22-24-25-26-27-28-29-31-33-36-39-42-45-48-54(57)60-51-52(50-59-53(56)47-44-41-38-35-32-21-18-15-12-9-6-3)61-55(58)49-46-43-40-37-34-30-23-20-17-14-11-8-5-2/h7,10,13,15-16,18-19,22,24-31,33-34,52H,4-6,8-9,11-12,14,17,20-21,23,32,35-51H2,1-3H3/b10-7-,16-13-,18-15-,22-19-,25-24-,27-26+,29-28-,33-31-,34-30-. The summed E-state index contributed by atoms with van der Waals surface area (Å²) in [7, 11) is 0. The van der Waals surface area contributed by atoms with Crippen LogP contribution in [-0.4, -0.2) is 37.2 Å². The summed E-state index contributed by atoms with van der Waals surface area (Å²) in [4.78, 5) is 37.8. The topological polar surface area (TPSA) is 78.9 Å². The highest BCUT2D eigenvalue weighted by Gasteiger charge is 2.19. The van der Waals surface area contributed by atoms with Gasteiger partial charge in [-0.1, -0.05) is 207 Å². The van der Waals surface area contributed by atoms with Gasteiger partial charge in [-0.2, -0.15) is 0 Å². The highest BCUT2D eigenvalue weighted by molar-refractivity contribution is 5.71. The average Bonchev–Trinajstić information content (AvgIpc) is 3.26. The minimum atomic E-state index is -0.808. The molecule has 1 atom stereocenters. The minimum absolute atomic E-state index is 0.106. The van der Waals surface area contributed by atoms with E-state index in [0.717, 1.165) is 96.3 Å². The van der Waals surface area contributed by atoms with Crippen LogP contribution in [0, 0.1) is 0 Å². The van der Waals surface area contributed by atoms with E-state index in [0.29, 0.717) is 19.3 Å². The van der Waals surface area contributed by atoms with E-state index >= 15 is 0 Å². The first-order chi connectivity index (χ1) is 30.0. The molecule has 0 radical (unpaired) electrons. The Hall–Kier alpha value is -3.93. The molecule has 0 aliphatic heterocycles. The second-order valence-corrected chi connectivity index (χ2v) is 15.8. The molecule has 61 heavy (non-hydrogen) atoms. The summed E-state index contributed by atoms with van der Waals surface area (Å²) in [6.07, 6.45) is 64.9. The van der Waals surface area contributed by atoms with Gasteiger partial charge in [0.25, 0.3) is 0 Å². The second-order valence-electron chi connectivity index (χ2n) is 15.8. The van der Waals surface area contributed by atoms with Crippen molar-refractivity contribution in [2.45, 2.75) is 207 Å². The molecule has 6 nitrogen and oxygen atoms in total. The Morgan fingerprint density at radius 1 is 0.344 bits per heavy atom. The summed E-state index contributed by atoms with van der Waals surface area (Å²) in [5.74, 6) is -0.986. The molecule has 0 spiro atoms. The van der Waals surface area contributed by atoms with Crippen LogP contribution in [0.15, 0.2) is 109 Å². The average molecular weight is 845 g/mol. The van der Waals surface area contributed by atoms with Crippen molar-refractivity contribution in [2.75, 3.05) is 13.2 Å². The lowest BCUT2D eigenvalue weighted by Crippen LogP contribution is -2.30. The number of hydrogen-bond donors (Lipinski definition) is 0. The number of unbranched alkanes of at least 4 members (excludes halogenated alkanes) is 19. The van der Waals surface area contributed by atoms with Gasteiger partial charge in [-0.3, -0.25) is 14.4 Å². The van der Waals surface area contributed by atoms with Gasteiger partial charge in [0.05, 0.1) is 0 Å². The third-order valence-corrected chi connectivity index (χ3v) is 9.93. The van der Waals surface area contributed by atoms with Crippen molar-refractivity contribution < 1.29 is 28.6 Å². The van der Waals surface area contributed by atoms with Crippen molar-refractivity contribution >= 4 is 17.9 Å². The number of esters is 3. The summed E-state index contributed by atoms with van der Waals surface area (Å²) in [6, 6.07) is 0. The van der Waals surface area contributed by atoms with E-state index in [1.807, 2.05) is 72.9 Å². The quantitative estimate of drug-likeness (QED) is 0.0200. The zero-order valence-corrected chi connectivity index (χ0v) is 39.1. The molecule has 1 unspecified atom stereocenters. The molecule has 0 aromatic carbocycles. The van der Waals surface area contributed by atoms with Crippen molar-refractivity contribution in [1.29, 1.82) is 0 Å². The molecule has 0 heterocycles. The van der Waals surface area contributed by atoms with Crippen molar-refractivity contribution in [3.05, 3.63) is 109 Å². The van der Waals surface area contributed by atoms with Gasteiger partial charge in [-0.25, -0.2) is 0 Å². The predicted molar refractivity (Wildman–Crippen MR) is 260 cm³/mol. The van der Waals surface area contributed by atoms with Crippen LogP contribution in [0.5, 0.6) is 0 Å². The van der Waals surface area contributed by atoms with Gasteiger partial charge in [-0.15, -0.1) is 0 Å². The van der Waals surface area contributed by atoms with Crippen molar-refractivity contribution in [3.8, 4) is 0 Å². The molecule has 0 fully saturated rings. The lowest BCUT2D eigenvalue weighted by molar-refractivity contribution is -0.167. The van der Waals surface area contributed by atoms with E-state index in [-0.39, 0.29) is 31.1 Å². The molecule has 344 valence electrons. The summed E-state index contributed by atoms with van der Waals surface area (Å²) >= 11 is 0. The Balaban J connectivity index is 4.52. The Morgan fingerprint density at radius 2 is 0.672 bits per heavy atom. The summed E-state index contributed by atoms with van der Waals surface area (Å²) in [5, 5.41) is 0. The molecule has 0 aliphatic carbocycles. The molecule has 0 N–H and O–H groups in total. The first kappa shape index (κ1) is 57.1.